The highest BCUT2D eigenvalue weighted by Crippen LogP contribution is 2.18. The number of pyridine rings is 1. The molecule has 0 bridgehead atoms. The highest BCUT2D eigenvalue weighted by Gasteiger charge is 2.13. The van der Waals surface area contributed by atoms with Crippen LogP contribution in [-0.2, 0) is 4.79 Å². The van der Waals surface area contributed by atoms with Crippen molar-refractivity contribution in [3.8, 4) is 11.3 Å². The van der Waals surface area contributed by atoms with Crippen molar-refractivity contribution in [2.24, 2.45) is 0 Å². The molecule has 1 amide bonds. The Morgan fingerprint density at radius 1 is 1.22 bits per heavy atom. The molecule has 0 unspecified atom stereocenters. The van der Waals surface area contributed by atoms with Gasteiger partial charge in [0.2, 0.25) is 0 Å². The van der Waals surface area contributed by atoms with Gasteiger partial charge in [0.05, 0.1) is 0 Å². The number of carboxylic acids is 1. The van der Waals surface area contributed by atoms with Crippen molar-refractivity contribution in [3.05, 3.63) is 36.3 Å². The number of carboxylic acid groups (broad SMARTS) is 1. The van der Waals surface area contributed by atoms with Crippen molar-refractivity contribution >= 4 is 11.9 Å². The molecule has 2 aromatic rings. The summed E-state index contributed by atoms with van der Waals surface area (Å²) in [5.74, 6) is -0.555. The Kier molecular flexibility index (Phi) is 6.28. The van der Waals surface area contributed by atoms with Crippen LogP contribution in [0.1, 0.15) is 42.6 Å². The van der Waals surface area contributed by atoms with Gasteiger partial charge in [-0.15, -0.1) is 0 Å². The van der Waals surface area contributed by atoms with E-state index < -0.39 is 5.97 Å². The van der Waals surface area contributed by atoms with Gasteiger partial charge in [0.1, 0.15) is 0 Å². The summed E-state index contributed by atoms with van der Waals surface area (Å²) in [6, 6.07) is 5.19. The summed E-state index contributed by atoms with van der Waals surface area (Å²) < 4.78 is 5.15. The van der Waals surface area contributed by atoms with E-state index in [1.807, 2.05) is 6.07 Å². The Labute approximate surface area is 133 Å². The summed E-state index contributed by atoms with van der Waals surface area (Å²) in [6.45, 7) is 0.529. The number of aromatic nitrogens is 2. The van der Waals surface area contributed by atoms with Crippen LogP contribution in [0.2, 0.25) is 0 Å². The molecule has 0 spiro atoms. The van der Waals surface area contributed by atoms with Crippen LogP contribution in [-0.4, -0.2) is 33.7 Å². The Hall–Kier alpha value is -2.70. The lowest BCUT2D eigenvalue weighted by atomic mass is 10.1. The summed E-state index contributed by atoms with van der Waals surface area (Å²) in [5, 5.41) is 15.1. The van der Waals surface area contributed by atoms with Crippen molar-refractivity contribution < 1.29 is 19.2 Å². The number of amides is 1. The monoisotopic (exact) mass is 317 g/mol. The third-order valence-electron chi connectivity index (χ3n) is 3.29. The van der Waals surface area contributed by atoms with Gasteiger partial charge < -0.3 is 14.9 Å². The van der Waals surface area contributed by atoms with Crippen LogP contribution >= 0.6 is 0 Å². The molecule has 2 heterocycles. The third kappa shape index (κ3) is 5.54. The van der Waals surface area contributed by atoms with Crippen molar-refractivity contribution in [1.82, 2.24) is 15.5 Å². The van der Waals surface area contributed by atoms with Crippen molar-refractivity contribution in [1.29, 1.82) is 0 Å². The maximum Gasteiger partial charge on any atom is 0.303 e. The van der Waals surface area contributed by atoms with Gasteiger partial charge in [0.15, 0.2) is 11.5 Å². The van der Waals surface area contributed by atoms with E-state index in [9.17, 15) is 9.59 Å². The Morgan fingerprint density at radius 3 is 2.78 bits per heavy atom. The van der Waals surface area contributed by atoms with Crippen molar-refractivity contribution in [2.45, 2.75) is 32.1 Å². The molecule has 122 valence electrons. The van der Waals surface area contributed by atoms with E-state index >= 15 is 0 Å². The van der Waals surface area contributed by atoms with E-state index in [0.717, 1.165) is 24.8 Å². The highest BCUT2D eigenvalue weighted by atomic mass is 16.5. The molecule has 7 heteroatoms. The van der Waals surface area contributed by atoms with Gasteiger partial charge in [-0.25, -0.2) is 0 Å². The molecule has 0 fully saturated rings. The first kappa shape index (κ1) is 16.7. The second-order valence-corrected chi connectivity index (χ2v) is 5.13. The quantitative estimate of drug-likeness (QED) is 0.688. The molecule has 0 aliphatic rings. The van der Waals surface area contributed by atoms with E-state index in [1.165, 1.54) is 0 Å². The SMILES string of the molecule is O=C(O)CCCCCCNC(=O)c1cc(-c2cccnc2)on1. The molecule has 2 rings (SSSR count). The van der Waals surface area contributed by atoms with Crippen LogP contribution in [0.5, 0.6) is 0 Å². The zero-order valence-corrected chi connectivity index (χ0v) is 12.7. The van der Waals surface area contributed by atoms with Crippen molar-refractivity contribution in [3.63, 3.8) is 0 Å². The molecular weight excluding hydrogens is 298 g/mol. The van der Waals surface area contributed by atoms with Gasteiger partial charge in [-0.2, -0.15) is 0 Å². The number of unbranched alkanes of at least 4 members (excludes halogenated alkanes) is 3. The molecule has 2 N–H and O–H groups in total. The molecule has 0 radical (unpaired) electrons. The summed E-state index contributed by atoms with van der Waals surface area (Å²) >= 11 is 0. The fraction of sp³-hybridized carbons (Fsp3) is 0.375. The Morgan fingerprint density at radius 2 is 2.04 bits per heavy atom. The van der Waals surface area contributed by atoms with Gasteiger partial charge in [0.25, 0.3) is 5.91 Å². The maximum absolute atomic E-state index is 11.9. The lowest BCUT2D eigenvalue weighted by Gasteiger charge is -2.02. The molecule has 0 aromatic carbocycles. The topological polar surface area (TPSA) is 105 Å². The lowest BCUT2D eigenvalue weighted by Crippen LogP contribution is -2.24. The minimum Gasteiger partial charge on any atom is -0.481 e. The van der Waals surface area contributed by atoms with Gasteiger partial charge in [-0.1, -0.05) is 18.0 Å². The van der Waals surface area contributed by atoms with Crippen LogP contribution in [0.25, 0.3) is 11.3 Å². The molecule has 2 aromatic heterocycles. The van der Waals surface area contributed by atoms with Crippen LogP contribution in [0.3, 0.4) is 0 Å². The van der Waals surface area contributed by atoms with Crippen LogP contribution in [0.4, 0.5) is 0 Å². The fourth-order valence-electron chi connectivity index (χ4n) is 2.07. The zero-order valence-electron chi connectivity index (χ0n) is 12.7. The van der Waals surface area contributed by atoms with Gasteiger partial charge in [0, 0.05) is 37.0 Å². The van der Waals surface area contributed by atoms with E-state index in [-0.39, 0.29) is 18.0 Å². The molecule has 0 atom stereocenters. The summed E-state index contributed by atoms with van der Waals surface area (Å²) in [6.07, 6.45) is 6.69. The average Bonchev–Trinajstić information content (AvgIpc) is 3.04. The number of rotatable bonds is 9. The number of nitrogens with zero attached hydrogens (tertiary/aromatic N) is 2. The van der Waals surface area contributed by atoms with Gasteiger partial charge in [-0.3, -0.25) is 14.6 Å². The van der Waals surface area contributed by atoms with Crippen LogP contribution in [0.15, 0.2) is 35.1 Å². The molecule has 23 heavy (non-hydrogen) atoms. The first-order valence-electron chi connectivity index (χ1n) is 7.54. The fourth-order valence-corrected chi connectivity index (χ4v) is 2.07. The van der Waals surface area contributed by atoms with Crippen molar-refractivity contribution in [2.75, 3.05) is 6.54 Å². The predicted molar refractivity (Wildman–Crippen MR) is 82.8 cm³/mol. The third-order valence-corrected chi connectivity index (χ3v) is 3.29. The van der Waals surface area contributed by atoms with Crippen LogP contribution < -0.4 is 5.32 Å². The molecule has 0 saturated heterocycles. The summed E-state index contributed by atoms with van der Waals surface area (Å²) in [4.78, 5) is 26.3. The zero-order chi connectivity index (χ0) is 16.5. The van der Waals surface area contributed by atoms with E-state index in [1.54, 1.807) is 24.5 Å². The van der Waals surface area contributed by atoms with Gasteiger partial charge >= 0.3 is 5.97 Å². The summed E-state index contributed by atoms with van der Waals surface area (Å²) in [7, 11) is 0. The molecule has 0 aliphatic carbocycles. The number of hydrogen-bond donors (Lipinski definition) is 2. The average molecular weight is 317 g/mol. The molecular formula is C16H19N3O4. The van der Waals surface area contributed by atoms with E-state index in [2.05, 4.69) is 15.5 Å². The molecule has 0 aliphatic heterocycles. The van der Waals surface area contributed by atoms with Gasteiger partial charge in [-0.05, 0) is 25.0 Å². The second kappa shape index (κ2) is 8.67. The Balaban J connectivity index is 1.70. The smallest absolute Gasteiger partial charge is 0.303 e. The first-order valence-corrected chi connectivity index (χ1v) is 7.54. The highest BCUT2D eigenvalue weighted by molar-refractivity contribution is 5.93. The van der Waals surface area contributed by atoms with Crippen LogP contribution in [0, 0.1) is 0 Å². The normalized spacial score (nSPS) is 10.4. The largest absolute Gasteiger partial charge is 0.481 e. The number of carbonyl (C=O) groups excluding carboxylic acids is 1. The number of aliphatic carboxylic acids is 1. The summed E-state index contributed by atoms with van der Waals surface area (Å²) in [5.41, 5.74) is 0.993. The first-order chi connectivity index (χ1) is 11.2. The lowest BCUT2D eigenvalue weighted by molar-refractivity contribution is -0.137. The minimum atomic E-state index is -0.770. The van der Waals surface area contributed by atoms with E-state index in [0.29, 0.717) is 18.7 Å². The predicted octanol–water partition coefficient (Wildman–Crippen LogP) is 2.50. The molecule has 0 saturated carbocycles. The number of nitrogens with one attached hydrogen (secondary N) is 1. The molecule has 7 nitrogen and oxygen atoms in total. The number of hydrogen-bond acceptors (Lipinski definition) is 5. The standard InChI is InChI=1S/C16H19N3O4/c20-15(21)7-3-1-2-4-9-18-16(22)13-10-14(23-19-13)12-6-5-8-17-11-12/h5-6,8,10-11H,1-4,7,9H2,(H,18,22)(H,20,21). The van der Waals surface area contributed by atoms with E-state index in [4.69, 9.17) is 9.63 Å². The second-order valence-electron chi connectivity index (χ2n) is 5.13. The number of carbonyl (C=O) groups is 2. The maximum atomic E-state index is 11.9. The minimum absolute atomic E-state index is 0.197. The Bertz CT molecular complexity index is 640.